The number of halogens is 1. The molecule has 0 saturated carbocycles. The lowest BCUT2D eigenvalue weighted by Gasteiger charge is -2.13. The van der Waals surface area contributed by atoms with Crippen molar-refractivity contribution in [3.63, 3.8) is 0 Å². The van der Waals surface area contributed by atoms with Crippen LogP contribution in [0.25, 0.3) is 0 Å². The van der Waals surface area contributed by atoms with Crippen LogP contribution in [0.5, 0.6) is 0 Å². The van der Waals surface area contributed by atoms with Crippen LogP contribution in [-0.4, -0.2) is 46.6 Å². The van der Waals surface area contributed by atoms with Crippen LogP contribution >= 0.6 is 11.6 Å². The van der Waals surface area contributed by atoms with E-state index in [1.165, 1.54) is 13.2 Å². The summed E-state index contributed by atoms with van der Waals surface area (Å²) in [6.45, 7) is 2.01. The normalized spacial score (nSPS) is 10.3. The zero-order chi connectivity index (χ0) is 15.0. The summed E-state index contributed by atoms with van der Waals surface area (Å²) in [6.07, 6.45) is 0. The zero-order valence-corrected chi connectivity index (χ0v) is 12.3. The Morgan fingerprint density at radius 1 is 1.30 bits per heavy atom. The van der Waals surface area contributed by atoms with Gasteiger partial charge in [-0.3, -0.25) is 0 Å². The molecule has 0 atom stereocenters. The molecule has 0 fully saturated rings. The van der Waals surface area contributed by atoms with Gasteiger partial charge in [-0.15, -0.1) is 0 Å². The van der Waals surface area contributed by atoms with Crippen molar-refractivity contribution >= 4 is 28.9 Å². The highest BCUT2D eigenvalue weighted by Crippen LogP contribution is 2.29. The number of nitrogen functional groups attached to an aromatic ring is 1. The second-order valence-electron chi connectivity index (χ2n) is 3.95. The highest BCUT2D eigenvalue weighted by atomic mass is 35.5. The average Bonchev–Trinajstić information content (AvgIpc) is 2.43. The second kappa shape index (κ2) is 8.63. The van der Waals surface area contributed by atoms with E-state index in [1.807, 2.05) is 0 Å². The zero-order valence-electron chi connectivity index (χ0n) is 11.6. The molecule has 7 heteroatoms. The van der Waals surface area contributed by atoms with Crippen molar-refractivity contribution in [2.75, 3.05) is 51.6 Å². The van der Waals surface area contributed by atoms with E-state index >= 15 is 0 Å². The van der Waals surface area contributed by atoms with Gasteiger partial charge in [-0.1, -0.05) is 11.6 Å². The van der Waals surface area contributed by atoms with Crippen molar-refractivity contribution < 1.29 is 19.0 Å². The van der Waals surface area contributed by atoms with E-state index in [-0.39, 0.29) is 0 Å². The Morgan fingerprint density at radius 2 is 2.05 bits per heavy atom. The Bertz CT molecular complexity index is 454. The predicted octanol–water partition coefficient (Wildman–Crippen LogP) is 1.78. The van der Waals surface area contributed by atoms with Gasteiger partial charge in [0, 0.05) is 19.3 Å². The number of benzene rings is 1. The first-order chi connectivity index (χ1) is 9.60. The van der Waals surface area contributed by atoms with E-state index in [9.17, 15) is 4.79 Å². The van der Waals surface area contributed by atoms with Crippen LogP contribution in [0.1, 0.15) is 10.4 Å². The van der Waals surface area contributed by atoms with Crippen LogP contribution in [0.4, 0.5) is 11.4 Å². The minimum Gasteiger partial charge on any atom is -0.465 e. The molecular weight excluding hydrogens is 284 g/mol. The molecule has 20 heavy (non-hydrogen) atoms. The predicted molar refractivity (Wildman–Crippen MR) is 78.4 cm³/mol. The Hall–Kier alpha value is -1.50. The number of carbonyl (C=O) groups is 1. The molecule has 1 aromatic rings. The maximum Gasteiger partial charge on any atom is 0.340 e. The number of hydrogen-bond acceptors (Lipinski definition) is 6. The minimum absolute atomic E-state index is 0.300. The fraction of sp³-hybridized carbons (Fsp3) is 0.462. The number of nitrogens with two attached hydrogens (primary N) is 1. The monoisotopic (exact) mass is 302 g/mol. The van der Waals surface area contributed by atoms with Crippen LogP contribution in [0, 0.1) is 0 Å². The molecule has 112 valence electrons. The summed E-state index contributed by atoms with van der Waals surface area (Å²) in [6, 6.07) is 3.09. The summed E-state index contributed by atoms with van der Waals surface area (Å²) in [7, 11) is 2.91. The maximum atomic E-state index is 11.7. The van der Waals surface area contributed by atoms with E-state index in [0.29, 0.717) is 48.3 Å². The highest BCUT2D eigenvalue weighted by molar-refractivity contribution is 6.34. The number of rotatable bonds is 8. The molecule has 1 rings (SSSR count). The molecule has 0 unspecified atom stereocenters. The first-order valence-corrected chi connectivity index (χ1v) is 6.45. The van der Waals surface area contributed by atoms with Crippen molar-refractivity contribution in [2.45, 2.75) is 0 Å². The summed E-state index contributed by atoms with van der Waals surface area (Å²) in [5.74, 6) is -0.498. The SMILES string of the molecule is COCCOCCNc1c(Cl)cc(N)cc1C(=O)OC. The van der Waals surface area contributed by atoms with Gasteiger partial charge in [0.25, 0.3) is 0 Å². The Labute approximate surface area is 123 Å². The van der Waals surface area contributed by atoms with Gasteiger partial charge in [0.1, 0.15) is 0 Å². The first kappa shape index (κ1) is 16.6. The molecule has 0 heterocycles. The largest absolute Gasteiger partial charge is 0.465 e. The molecule has 0 aromatic heterocycles. The van der Waals surface area contributed by atoms with E-state index < -0.39 is 5.97 Å². The lowest BCUT2D eigenvalue weighted by molar-refractivity contribution is 0.0601. The third-order valence-corrected chi connectivity index (χ3v) is 2.80. The van der Waals surface area contributed by atoms with E-state index in [2.05, 4.69) is 5.32 Å². The van der Waals surface area contributed by atoms with Crippen molar-refractivity contribution in [1.82, 2.24) is 0 Å². The third-order valence-electron chi connectivity index (χ3n) is 2.50. The highest BCUT2D eigenvalue weighted by Gasteiger charge is 2.15. The number of methoxy groups -OCH3 is 2. The van der Waals surface area contributed by atoms with Crippen molar-refractivity contribution in [1.29, 1.82) is 0 Å². The van der Waals surface area contributed by atoms with Gasteiger partial charge >= 0.3 is 5.97 Å². The summed E-state index contributed by atoms with van der Waals surface area (Å²) in [4.78, 5) is 11.7. The van der Waals surface area contributed by atoms with Crippen LogP contribution in [0.2, 0.25) is 5.02 Å². The molecule has 0 saturated heterocycles. The molecule has 0 spiro atoms. The van der Waals surface area contributed by atoms with Gasteiger partial charge in [0.15, 0.2) is 0 Å². The Morgan fingerprint density at radius 3 is 2.70 bits per heavy atom. The van der Waals surface area contributed by atoms with Gasteiger partial charge in [-0.2, -0.15) is 0 Å². The molecule has 0 amide bonds. The van der Waals surface area contributed by atoms with Gasteiger partial charge in [-0.05, 0) is 12.1 Å². The molecule has 0 aliphatic heterocycles. The van der Waals surface area contributed by atoms with Crippen LogP contribution < -0.4 is 11.1 Å². The van der Waals surface area contributed by atoms with E-state index in [4.69, 9.17) is 31.5 Å². The standard InChI is InChI=1S/C13H19ClN2O4/c1-18-5-6-20-4-3-16-12-10(13(17)19-2)7-9(15)8-11(12)14/h7-8,16H,3-6,15H2,1-2H3. The lowest BCUT2D eigenvalue weighted by Crippen LogP contribution is -2.15. The number of esters is 1. The van der Waals surface area contributed by atoms with Gasteiger partial charge in [0.05, 0.1) is 43.2 Å². The minimum atomic E-state index is -0.498. The van der Waals surface area contributed by atoms with Crippen molar-refractivity contribution in [2.24, 2.45) is 0 Å². The van der Waals surface area contributed by atoms with Gasteiger partial charge < -0.3 is 25.3 Å². The smallest absolute Gasteiger partial charge is 0.340 e. The molecule has 0 bridgehead atoms. The van der Waals surface area contributed by atoms with Gasteiger partial charge in [0.2, 0.25) is 0 Å². The molecule has 0 aliphatic rings. The topological polar surface area (TPSA) is 82.8 Å². The van der Waals surface area contributed by atoms with Crippen molar-refractivity contribution in [3.05, 3.63) is 22.7 Å². The Kier molecular flexibility index (Phi) is 7.14. The quantitative estimate of drug-likeness (QED) is 0.433. The Balaban J connectivity index is 2.66. The summed E-state index contributed by atoms with van der Waals surface area (Å²) < 4.78 is 14.9. The van der Waals surface area contributed by atoms with E-state index in [1.54, 1.807) is 13.2 Å². The van der Waals surface area contributed by atoms with Crippen molar-refractivity contribution in [3.8, 4) is 0 Å². The average molecular weight is 303 g/mol. The maximum absolute atomic E-state index is 11.7. The summed E-state index contributed by atoms with van der Waals surface area (Å²) >= 11 is 6.09. The third kappa shape index (κ3) is 4.88. The molecule has 0 aliphatic carbocycles. The second-order valence-corrected chi connectivity index (χ2v) is 4.36. The van der Waals surface area contributed by atoms with Crippen LogP contribution in [-0.2, 0) is 14.2 Å². The molecular formula is C13H19ClN2O4. The van der Waals surface area contributed by atoms with Crippen LogP contribution in [0.3, 0.4) is 0 Å². The number of hydrogen-bond donors (Lipinski definition) is 2. The molecule has 3 N–H and O–H groups in total. The van der Waals surface area contributed by atoms with E-state index in [0.717, 1.165) is 0 Å². The fourth-order valence-electron chi connectivity index (χ4n) is 1.57. The number of nitrogens with one attached hydrogen (secondary N) is 1. The van der Waals surface area contributed by atoms with Crippen LogP contribution in [0.15, 0.2) is 12.1 Å². The number of ether oxygens (including phenoxy) is 3. The fourth-order valence-corrected chi connectivity index (χ4v) is 1.87. The summed E-state index contributed by atoms with van der Waals surface area (Å²) in [5.41, 5.74) is 6.86. The number of carbonyl (C=O) groups excluding carboxylic acids is 1. The molecule has 0 radical (unpaired) electrons. The molecule has 1 aromatic carbocycles. The first-order valence-electron chi connectivity index (χ1n) is 6.08. The van der Waals surface area contributed by atoms with Gasteiger partial charge in [-0.25, -0.2) is 4.79 Å². The summed E-state index contributed by atoms with van der Waals surface area (Å²) in [5, 5.41) is 3.41. The molecule has 6 nitrogen and oxygen atoms in total. The number of anilines is 2. The lowest BCUT2D eigenvalue weighted by atomic mass is 10.1.